The number of furan rings is 1. The molecule has 0 saturated heterocycles. The molecule has 2 atom stereocenters. The number of rotatable bonds is 6. The van der Waals surface area contributed by atoms with E-state index in [-0.39, 0.29) is 6.04 Å². The molecule has 0 unspecified atom stereocenters. The summed E-state index contributed by atoms with van der Waals surface area (Å²) in [5, 5.41) is 13.4. The van der Waals surface area contributed by atoms with E-state index in [0.717, 1.165) is 11.4 Å². The molecule has 118 valence electrons. The molecule has 0 radical (unpaired) electrons. The van der Waals surface area contributed by atoms with Crippen LogP contribution >= 0.6 is 0 Å². The summed E-state index contributed by atoms with van der Waals surface area (Å²) in [5.41, 5.74) is 0.972. The number of aliphatic hydroxyl groups is 1. The van der Waals surface area contributed by atoms with Gasteiger partial charge in [0.15, 0.2) is 5.82 Å². The summed E-state index contributed by atoms with van der Waals surface area (Å²) in [6.07, 6.45) is 3.18. The van der Waals surface area contributed by atoms with Crippen molar-refractivity contribution in [2.24, 2.45) is 0 Å². The van der Waals surface area contributed by atoms with Crippen LogP contribution in [0.3, 0.4) is 0 Å². The van der Waals surface area contributed by atoms with Gasteiger partial charge in [0.25, 0.3) is 0 Å². The van der Waals surface area contributed by atoms with E-state index in [1.807, 2.05) is 43.3 Å². The zero-order valence-corrected chi connectivity index (χ0v) is 12.9. The van der Waals surface area contributed by atoms with Gasteiger partial charge >= 0.3 is 0 Å². The van der Waals surface area contributed by atoms with E-state index in [1.165, 1.54) is 0 Å². The maximum absolute atomic E-state index is 10.1. The van der Waals surface area contributed by atoms with Gasteiger partial charge in [0.05, 0.1) is 6.26 Å². The normalized spacial score (nSPS) is 13.5. The third kappa shape index (κ3) is 3.96. The number of aliphatic hydroxyl groups excluding tert-OH is 1. The summed E-state index contributed by atoms with van der Waals surface area (Å²) < 4.78 is 5.22. The van der Waals surface area contributed by atoms with Crippen molar-refractivity contribution < 1.29 is 9.52 Å². The van der Waals surface area contributed by atoms with Gasteiger partial charge in [0.2, 0.25) is 0 Å². The average Bonchev–Trinajstić information content (AvgIpc) is 3.10. The molecule has 0 amide bonds. The smallest absolute Gasteiger partial charge is 0.161 e. The lowest BCUT2D eigenvalue weighted by Crippen LogP contribution is -2.19. The van der Waals surface area contributed by atoms with Gasteiger partial charge in [-0.1, -0.05) is 30.3 Å². The molecular formula is C18H19N3O2. The van der Waals surface area contributed by atoms with Crippen molar-refractivity contribution in [1.29, 1.82) is 0 Å². The Kier molecular flexibility index (Phi) is 4.68. The van der Waals surface area contributed by atoms with Crippen molar-refractivity contribution in [2.75, 3.05) is 5.32 Å². The Morgan fingerprint density at radius 1 is 1.13 bits per heavy atom. The van der Waals surface area contributed by atoms with Gasteiger partial charge in [-0.15, -0.1) is 0 Å². The number of aromatic nitrogens is 2. The molecule has 2 N–H and O–H groups in total. The van der Waals surface area contributed by atoms with Crippen molar-refractivity contribution in [3.05, 3.63) is 66.8 Å². The Hall–Kier alpha value is -2.66. The van der Waals surface area contributed by atoms with Gasteiger partial charge < -0.3 is 14.8 Å². The van der Waals surface area contributed by atoms with E-state index in [2.05, 4.69) is 15.3 Å². The van der Waals surface area contributed by atoms with Gasteiger partial charge in [-0.25, -0.2) is 9.97 Å². The van der Waals surface area contributed by atoms with Crippen LogP contribution in [-0.2, 0) is 0 Å². The number of anilines is 1. The van der Waals surface area contributed by atoms with Crippen molar-refractivity contribution >= 4 is 5.82 Å². The van der Waals surface area contributed by atoms with E-state index in [0.29, 0.717) is 18.0 Å². The molecule has 0 aliphatic heterocycles. The van der Waals surface area contributed by atoms with E-state index in [9.17, 15) is 5.11 Å². The van der Waals surface area contributed by atoms with Crippen LogP contribution in [-0.4, -0.2) is 21.1 Å². The first-order chi connectivity index (χ1) is 11.2. The zero-order chi connectivity index (χ0) is 16.1. The molecule has 5 nitrogen and oxygen atoms in total. The Morgan fingerprint density at radius 2 is 1.96 bits per heavy atom. The molecule has 5 heteroatoms. The lowest BCUT2D eigenvalue weighted by atomic mass is 10.1. The lowest BCUT2D eigenvalue weighted by Gasteiger charge is -2.17. The highest BCUT2D eigenvalue weighted by atomic mass is 16.4. The highest BCUT2D eigenvalue weighted by Gasteiger charge is 2.15. The van der Waals surface area contributed by atoms with Gasteiger partial charge in [0, 0.05) is 24.2 Å². The molecule has 0 saturated carbocycles. The molecule has 1 aromatic carbocycles. The van der Waals surface area contributed by atoms with E-state index in [4.69, 9.17) is 4.42 Å². The largest absolute Gasteiger partial charge is 0.467 e. The van der Waals surface area contributed by atoms with Crippen LogP contribution in [0, 0.1) is 0 Å². The van der Waals surface area contributed by atoms with Gasteiger partial charge in [0.1, 0.15) is 17.7 Å². The topological polar surface area (TPSA) is 71.2 Å². The number of nitrogens with one attached hydrogen (secondary N) is 1. The predicted molar refractivity (Wildman–Crippen MR) is 88.8 cm³/mol. The summed E-state index contributed by atoms with van der Waals surface area (Å²) in [6.45, 7) is 2.00. The Balaban J connectivity index is 1.66. The second-order valence-electron chi connectivity index (χ2n) is 5.44. The van der Waals surface area contributed by atoms with Crippen LogP contribution < -0.4 is 5.32 Å². The van der Waals surface area contributed by atoms with E-state index in [1.54, 1.807) is 24.6 Å². The summed E-state index contributed by atoms with van der Waals surface area (Å²) in [7, 11) is 0. The molecule has 0 bridgehead atoms. The number of hydrogen-bond acceptors (Lipinski definition) is 5. The van der Waals surface area contributed by atoms with Gasteiger partial charge in [-0.05, 0) is 25.1 Å². The lowest BCUT2D eigenvalue weighted by molar-refractivity contribution is 0.136. The van der Waals surface area contributed by atoms with Crippen molar-refractivity contribution in [3.8, 4) is 11.4 Å². The first kappa shape index (κ1) is 15.2. The van der Waals surface area contributed by atoms with Gasteiger partial charge in [-0.2, -0.15) is 0 Å². The molecule has 2 aromatic heterocycles. The van der Waals surface area contributed by atoms with Crippen molar-refractivity contribution in [2.45, 2.75) is 25.5 Å². The summed E-state index contributed by atoms with van der Waals surface area (Å²) in [6, 6.07) is 15.2. The molecule has 2 heterocycles. The van der Waals surface area contributed by atoms with Crippen LogP contribution in [0.2, 0.25) is 0 Å². The molecule has 0 aliphatic rings. The minimum absolute atomic E-state index is 0.0358. The van der Waals surface area contributed by atoms with E-state index < -0.39 is 6.10 Å². The van der Waals surface area contributed by atoms with Crippen LogP contribution in [0.5, 0.6) is 0 Å². The minimum atomic E-state index is -0.636. The molecule has 3 rings (SSSR count). The highest BCUT2D eigenvalue weighted by molar-refractivity contribution is 5.56. The quantitative estimate of drug-likeness (QED) is 0.727. The maximum atomic E-state index is 10.1. The average molecular weight is 309 g/mol. The molecule has 0 fully saturated rings. The fraction of sp³-hybridized carbons (Fsp3) is 0.222. The monoisotopic (exact) mass is 309 g/mol. The number of hydrogen-bond donors (Lipinski definition) is 2. The fourth-order valence-electron chi connectivity index (χ4n) is 2.41. The van der Waals surface area contributed by atoms with Crippen molar-refractivity contribution in [1.82, 2.24) is 9.97 Å². The Bertz CT molecular complexity index is 729. The fourth-order valence-corrected chi connectivity index (χ4v) is 2.41. The standard InChI is InChI=1S/C18H19N3O2/c1-13(12-15(22)16-8-5-11-23-16)20-17-9-10-19-18(21-17)14-6-3-2-4-7-14/h2-11,13,15,22H,12H2,1H3,(H,19,20,21)/t13-,15+/m0/s1. The van der Waals surface area contributed by atoms with Gasteiger partial charge in [-0.3, -0.25) is 0 Å². The first-order valence-corrected chi connectivity index (χ1v) is 7.59. The van der Waals surface area contributed by atoms with E-state index >= 15 is 0 Å². The zero-order valence-electron chi connectivity index (χ0n) is 12.9. The Labute approximate surface area is 135 Å². The molecular weight excluding hydrogens is 290 g/mol. The third-order valence-electron chi connectivity index (χ3n) is 3.53. The second kappa shape index (κ2) is 7.07. The first-order valence-electron chi connectivity index (χ1n) is 7.59. The molecule has 23 heavy (non-hydrogen) atoms. The SMILES string of the molecule is C[C@@H](C[C@@H](O)c1ccco1)Nc1ccnc(-c2ccccc2)n1. The van der Waals surface area contributed by atoms with Crippen molar-refractivity contribution in [3.63, 3.8) is 0 Å². The third-order valence-corrected chi connectivity index (χ3v) is 3.53. The molecule has 0 spiro atoms. The van der Waals surface area contributed by atoms with Crippen LogP contribution in [0.4, 0.5) is 5.82 Å². The van der Waals surface area contributed by atoms with Crippen LogP contribution in [0.1, 0.15) is 25.2 Å². The van der Waals surface area contributed by atoms with Crippen LogP contribution in [0.25, 0.3) is 11.4 Å². The number of nitrogens with zero attached hydrogens (tertiary/aromatic N) is 2. The summed E-state index contributed by atoms with van der Waals surface area (Å²) in [5.74, 6) is 1.98. The molecule has 3 aromatic rings. The van der Waals surface area contributed by atoms with Crippen LogP contribution in [0.15, 0.2) is 65.4 Å². The predicted octanol–water partition coefficient (Wildman–Crippen LogP) is 3.66. The molecule has 0 aliphatic carbocycles. The minimum Gasteiger partial charge on any atom is -0.467 e. The number of benzene rings is 1. The summed E-state index contributed by atoms with van der Waals surface area (Å²) in [4.78, 5) is 8.83. The highest BCUT2D eigenvalue weighted by Crippen LogP contribution is 2.21. The maximum Gasteiger partial charge on any atom is 0.161 e. The second-order valence-corrected chi connectivity index (χ2v) is 5.44. The Morgan fingerprint density at radius 3 is 2.70 bits per heavy atom. The summed E-state index contributed by atoms with van der Waals surface area (Å²) >= 11 is 0.